The van der Waals surface area contributed by atoms with Crippen LogP contribution < -0.4 is 16.0 Å². The lowest BCUT2D eigenvalue weighted by Gasteiger charge is -2.53. The highest BCUT2D eigenvalue weighted by Crippen LogP contribution is 2.44. The first-order chi connectivity index (χ1) is 62.6. The van der Waals surface area contributed by atoms with E-state index in [0.29, 0.717) is 12.8 Å². The third-order valence-corrected chi connectivity index (χ3v) is 25.4. The lowest BCUT2D eigenvalue weighted by atomic mass is 9.86. The zero-order valence-electron chi connectivity index (χ0n) is 76.6. The maximum absolute atomic E-state index is 14.4. The number of aliphatic hydroxyl groups excluding tert-OH is 19. The largest absolute Gasteiger partial charge is 0.477 e. The normalized spacial score (nSPS) is 34.4. The highest BCUT2D eigenvalue weighted by atomic mass is 16.8. The number of allylic oxidation sites excluding steroid dienone is 2. The molecule has 2 unspecified atom stereocenters. The monoisotopic (exact) mass is 1890 g/mol. The van der Waals surface area contributed by atoms with E-state index < -0.39 is 308 Å². The second-order valence-electron chi connectivity index (χ2n) is 36.0. The van der Waals surface area contributed by atoms with Gasteiger partial charge in [0.15, 0.2) is 25.2 Å². The summed E-state index contributed by atoms with van der Waals surface area (Å²) in [6.45, 7) is -0.701. The van der Waals surface area contributed by atoms with Crippen LogP contribution in [0.15, 0.2) is 12.2 Å². The number of amides is 3. The molecule has 0 spiro atoms. The maximum Gasteiger partial charge on any atom is 0.364 e. The topological polar surface area (TPSA) is 674 Å². The van der Waals surface area contributed by atoms with Crippen LogP contribution in [0.3, 0.4) is 0 Å². The van der Waals surface area contributed by atoms with E-state index in [9.17, 15) is 136 Å². The Morgan fingerprint density at radius 3 is 1.34 bits per heavy atom. The molecule has 0 aromatic rings. The number of nitrogens with one attached hydrogen (secondary N) is 3. The summed E-state index contributed by atoms with van der Waals surface area (Å²) >= 11 is 0. The standard InChI is InChI=1S/C89H157N3O39/c1-6-8-10-12-14-16-18-20-21-22-23-24-25-27-29-31-33-35-37-39-64(106)92-54(55(102)38-36-34-32-30-28-26-19-17-15-13-11-9-7-2)49-120-83-74(114)72(112)77(62(47-97)123-83)126-85-75(115)81(78(63(48-98)124-85)127-82-53(40-50(3)99)76(69(109)60(45-95)121-82)125-84-73(113)71(111)68(108)59(44-94)122-84)131-89(87(118)119)42-57(104)66(91-52(5)101)80(130-89)70(110)61(46-96)128-88(86(116)117)41-56(103)65(90-51(4)100)79(129-88)67(107)58(105)43-93/h20-21,53-63,65-85,93-98,102-105,107-115H,6-19,22-49H2,1-5H3,(H,90,100)(H,91,101)(H,92,106)(H,116,117)(H,118,119)/b21-20-/t53-,54+,55-,56+,57+,58-,59-,60-,61-,62-,63-,65-,66-,67-,68+,69+,70-,71+,72-,73-,74-,75-,76-,77-,78+,79?,80?,81-,82+,83-,84+,85+,88-,89+/m1/s1. The summed E-state index contributed by atoms with van der Waals surface area (Å²) in [5.41, 5.74) is 0. The van der Waals surface area contributed by atoms with E-state index in [2.05, 4.69) is 41.9 Å². The van der Waals surface area contributed by atoms with E-state index in [1.807, 2.05) is 0 Å². The fraction of sp³-hybridized carbons (Fsp3) is 0.910. The van der Waals surface area contributed by atoms with Crippen molar-refractivity contribution in [2.75, 3.05) is 46.2 Å². The van der Waals surface area contributed by atoms with Crippen LogP contribution in [0.25, 0.3) is 0 Å². The van der Waals surface area contributed by atoms with Gasteiger partial charge >= 0.3 is 11.9 Å². The van der Waals surface area contributed by atoms with Crippen LogP contribution in [0.1, 0.15) is 259 Å². The summed E-state index contributed by atoms with van der Waals surface area (Å²) in [5.74, 6) is -16.5. The van der Waals surface area contributed by atoms with Gasteiger partial charge in [-0.1, -0.05) is 187 Å². The van der Waals surface area contributed by atoms with Gasteiger partial charge in [0.1, 0.15) is 128 Å². The Labute approximate surface area is 766 Å². The number of carbonyl (C=O) groups excluding carboxylic acids is 4. The molecule has 6 aliphatic rings. The van der Waals surface area contributed by atoms with Crippen LogP contribution in [0.4, 0.5) is 0 Å². The van der Waals surface area contributed by atoms with E-state index in [4.69, 9.17) is 56.8 Å². The van der Waals surface area contributed by atoms with Gasteiger partial charge in [-0.3, -0.25) is 14.4 Å². The summed E-state index contributed by atoms with van der Waals surface area (Å²) in [5, 5.41) is 246. The Hall–Kier alpha value is -4.48. The summed E-state index contributed by atoms with van der Waals surface area (Å²) < 4.78 is 72.7. The van der Waals surface area contributed by atoms with Gasteiger partial charge in [-0.05, 0) is 45.4 Å². The molecule has 0 bridgehead atoms. The van der Waals surface area contributed by atoms with Crippen LogP contribution in [-0.4, -0.2) is 390 Å². The number of carboxylic acid groups (broad SMARTS) is 2. The van der Waals surface area contributed by atoms with Crippen LogP contribution in [0, 0.1) is 5.92 Å². The average Bonchev–Trinajstić information content (AvgIpc) is 0.730. The van der Waals surface area contributed by atoms with Crippen LogP contribution >= 0.6 is 0 Å². The molecule has 131 heavy (non-hydrogen) atoms. The molecule has 6 aliphatic heterocycles. The molecule has 0 aliphatic carbocycles. The molecule has 24 N–H and O–H groups in total. The second-order valence-corrected chi connectivity index (χ2v) is 36.0. The summed E-state index contributed by atoms with van der Waals surface area (Å²) in [6.07, 6.45) is -27.2. The number of hydrogen-bond donors (Lipinski definition) is 24. The molecule has 6 saturated heterocycles. The number of ketones is 1. The van der Waals surface area contributed by atoms with Crippen molar-refractivity contribution in [3.63, 3.8) is 0 Å². The Morgan fingerprint density at radius 1 is 0.427 bits per heavy atom. The van der Waals surface area contributed by atoms with E-state index in [1.54, 1.807) is 0 Å². The molecule has 0 radical (unpaired) electrons. The molecule has 6 fully saturated rings. The highest BCUT2D eigenvalue weighted by molar-refractivity contribution is 5.78. The van der Waals surface area contributed by atoms with Crippen LogP contribution in [0.2, 0.25) is 0 Å². The Bertz CT molecular complexity index is 3270. The summed E-state index contributed by atoms with van der Waals surface area (Å²) in [4.78, 5) is 80.6. The minimum Gasteiger partial charge on any atom is -0.477 e. The summed E-state index contributed by atoms with van der Waals surface area (Å²) in [7, 11) is 0. The minimum atomic E-state index is -3.67. The first-order valence-corrected chi connectivity index (χ1v) is 47.4. The van der Waals surface area contributed by atoms with Crippen molar-refractivity contribution in [3.8, 4) is 0 Å². The Morgan fingerprint density at radius 2 is 0.847 bits per heavy atom. The zero-order chi connectivity index (χ0) is 96.7. The van der Waals surface area contributed by atoms with E-state index in [-0.39, 0.29) is 12.8 Å². The van der Waals surface area contributed by atoms with Gasteiger partial charge in [0, 0.05) is 45.4 Å². The highest BCUT2D eigenvalue weighted by Gasteiger charge is 2.64. The lowest BCUT2D eigenvalue weighted by molar-refractivity contribution is -0.407. The predicted molar refractivity (Wildman–Crippen MR) is 459 cm³/mol. The fourth-order valence-electron chi connectivity index (χ4n) is 17.9. The van der Waals surface area contributed by atoms with Crippen LogP contribution in [-0.2, 0) is 85.6 Å². The molecular formula is C89H157N3O39. The number of hydrogen-bond acceptors (Lipinski definition) is 37. The van der Waals surface area contributed by atoms with E-state index in [0.717, 1.165) is 124 Å². The SMILES string of the molecule is CCCCCCCC/C=C\CCCCCCCCCCCC(=O)N[C@@H](CO[C@@H]1O[C@H](CO)[C@@H](O[C@@H]2O[C@H](CO)[C@H](O[C@@H]3O[C@H](CO)[C@H](O)[C@H](O[C@@H]4O[C@H](CO)[C@H](O)[C@H](O)[C@H]4O)[C@H]3CC(C)=O)[C@H](O[C@]3(C(=O)O)C[C@H](O)[C@@H](NC(C)=O)C([C@H](O)[C@@H](CO)O[C@]4(C(=O)O)C[C@H](O)[C@@H](NC(C)=O)C([C@H](O)[C@H](O)CO)O4)O3)[C@H]2O)[C@H](O)[C@H]1O)[C@H](O)CCCCCCCCCCCCCCC. The molecule has 42 nitrogen and oxygen atoms in total. The predicted octanol–water partition coefficient (Wildman–Crippen LogP) is -1.22. The average molecular weight is 1890 g/mol. The molecule has 34 atom stereocenters. The van der Waals surface area contributed by atoms with Crippen LogP contribution in [0.5, 0.6) is 0 Å². The zero-order valence-corrected chi connectivity index (χ0v) is 76.6. The van der Waals surface area contributed by atoms with Gasteiger partial charge in [0.2, 0.25) is 17.7 Å². The maximum atomic E-state index is 14.4. The van der Waals surface area contributed by atoms with E-state index in [1.165, 1.54) is 77.0 Å². The molecule has 0 aromatic heterocycles. The van der Waals surface area contributed by atoms with Crippen molar-refractivity contribution in [2.24, 2.45) is 5.92 Å². The number of ether oxygens (including phenoxy) is 12. The first kappa shape index (κ1) is 115. The van der Waals surface area contributed by atoms with Gasteiger partial charge in [-0.25, -0.2) is 9.59 Å². The van der Waals surface area contributed by atoms with Gasteiger partial charge in [0.25, 0.3) is 11.6 Å². The number of rotatable bonds is 64. The second kappa shape index (κ2) is 59.7. The number of carbonyl (C=O) groups is 6. The molecule has 762 valence electrons. The van der Waals surface area contributed by atoms with Gasteiger partial charge in [-0.15, -0.1) is 0 Å². The summed E-state index contributed by atoms with van der Waals surface area (Å²) in [6, 6.07) is -5.01. The van der Waals surface area contributed by atoms with Crippen molar-refractivity contribution >= 4 is 35.4 Å². The number of unbranched alkanes of at least 4 members (excludes halogenated alkanes) is 27. The quantitative estimate of drug-likeness (QED) is 0.0251. The van der Waals surface area contributed by atoms with Crippen molar-refractivity contribution in [1.82, 2.24) is 16.0 Å². The number of Topliss-reactive ketones (excluding diaryl/α,β-unsaturated/α-hetero) is 1. The van der Waals surface area contributed by atoms with Crippen molar-refractivity contribution in [2.45, 2.75) is 461 Å². The van der Waals surface area contributed by atoms with Gasteiger partial charge in [0.05, 0.1) is 88.8 Å². The van der Waals surface area contributed by atoms with Gasteiger partial charge in [-0.2, -0.15) is 0 Å². The Balaban J connectivity index is 1.30. The van der Waals surface area contributed by atoms with Crippen molar-refractivity contribution in [3.05, 3.63) is 12.2 Å². The number of carboxylic acids is 2. The lowest BCUT2D eigenvalue weighted by Crippen LogP contribution is -2.72. The molecule has 0 aromatic carbocycles. The molecule has 6 heterocycles. The molecule has 0 saturated carbocycles. The molecule has 42 heteroatoms. The fourth-order valence-corrected chi connectivity index (χ4v) is 17.9. The van der Waals surface area contributed by atoms with Crippen molar-refractivity contribution < 1.29 is 193 Å². The number of aliphatic carboxylic acids is 2. The van der Waals surface area contributed by atoms with Gasteiger partial charge < -0.3 is 185 Å². The molecule has 6 rings (SSSR count). The third kappa shape index (κ3) is 34.8. The molecule has 3 amide bonds. The smallest absolute Gasteiger partial charge is 0.364 e. The number of aliphatic hydroxyl groups is 19. The Kier molecular flexibility index (Phi) is 52.5. The van der Waals surface area contributed by atoms with Crippen molar-refractivity contribution in [1.29, 1.82) is 0 Å². The molecular weight excluding hydrogens is 1730 g/mol. The third-order valence-electron chi connectivity index (χ3n) is 25.4. The van der Waals surface area contributed by atoms with E-state index >= 15 is 0 Å². The first-order valence-electron chi connectivity index (χ1n) is 47.4. The minimum absolute atomic E-state index is 0.107.